The Bertz CT molecular complexity index is 457. The maximum absolute atomic E-state index is 11.9. The number of benzene rings is 1. The average Bonchev–Trinajstić information content (AvgIpc) is 2.27. The molecule has 0 spiro atoms. The van der Waals surface area contributed by atoms with Crippen LogP contribution in [0.2, 0.25) is 0 Å². The highest BCUT2D eigenvalue weighted by molar-refractivity contribution is 6.29. The molecule has 0 aliphatic carbocycles. The third-order valence-electron chi connectivity index (χ3n) is 2.75. The molecular formula is C13H16ClNO2. The summed E-state index contributed by atoms with van der Waals surface area (Å²) in [7, 11) is 0. The molecule has 1 amide bonds. The molecule has 1 aliphatic heterocycles. The first kappa shape index (κ1) is 12.2. The van der Waals surface area contributed by atoms with E-state index >= 15 is 0 Å². The number of hydrogen-bond acceptors (Lipinski definition) is 2. The van der Waals surface area contributed by atoms with Gasteiger partial charge in [-0.25, -0.2) is 0 Å². The molecule has 1 heterocycles. The van der Waals surface area contributed by atoms with Gasteiger partial charge in [-0.05, 0) is 38.5 Å². The monoisotopic (exact) mass is 253 g/mol. The molecule has 0 fully saturated rings. The molecule has 1 aliphatic rings. The van der Waals surface area contributed by atoms with Crippen LogP contribution >= 0.6 is 11.6 Å². The summed E-state index contributed by atoms with van der Waals surface area (Å²) in [4.78, 5) is 13.6. The molecule has 0 radical (unpaired) electrons. The quantitative estimate of drug-likeness (QED) is 0.721. The second-order valence-corrected chi connectivity index (χ2v) is 5.21. The number of rotatable bonds is 1. The fourth-order valence-corrected chi connectivity index (χ4v) is 2.16. The van der Waals surface area contributed by atoms with Gasteiger partial charge in [0.25, 0.3) is 0 Å². The number of nitrogens with zero attached hydrogens (tertiary/aromatic N) is 1. The van der Waals surface area contributed by atoms with Crippen molar-refractivity contribution >= 4 is 23.2 Å². The number of fused-ring (bicyclic) bond motifs is 1. The van der Waals surface area contributed by atoms with Crippen LogP contribution < -0.4 is 9.64 Å². The predicted molar refractivity (Wildman–Crippen MR) is 69.0 cm³/mol. The van der Waals surface area contributed by atoms with E-state index in [1.807, 2.05) is 39.0 Å². The molecule has 0 atom stereocenters. The van der Waals surface area contributed by atoms with Crippen LogP contribution in [0.25, 0.3) is 0 Å². The van der Waals surface area contributed by atoms with E-state index in [9.17, 15) is 4.79 Å². The molecule has 0 saturated carbocycles. The van der Waals surface area contributed by atoms with Gasteiger partial charge in [-0.15, -0.1) is 11.6 Å². The molecule has 0 bridgehead atoms. The molecule has 0 aromatic heterocycles. The van der Waals surface area contributed by atoms with Crippen molar-refractivity contribution < 1.29 is 9.53 Å². The van der Waals surface area contributed by atoms with Crippen molar-refractivity contribution in [1.29, 1.82) is 0 Å². The van der Waals surface area contributed by atoms with E-state index in [1.54, 1.807) is 4.90 Å². The Morgan fingerprint density at radius 1 is 1.53 bits per heavy atom. The van der Waals surface area contributed by atoms with E-state index < -0.39 is 0 Å². The molecule has 0 saturated heterocycles. The normalized spacial score (nSPS) is 17.3. The minimum atomic E-state index is -0.385. The highest BCUT2D eigenvalue weighted by atomic mass is 35.5. The first-order chi connectivity index (χ1) is 7.93. The van der Waals surface area contributed by atoms with Crippen LogP contribution in [0.3, 0.4) is 0 Å². The van der Waals surface area contributed by atoms with Crippen molar-refractivity contribution in [3.05, 3.63) is 23.8 Å². The Labute approximate surface area is 106 Å². The van der Waals surface area contributed by atoms with E-state index in [4.69, 9.17) is 16.3 Å². The summed E-state index contributed by atoms with van der Waals surface area (Å²) >= 11 is 5.65. The zero-order valence-electron chi connectivity index (χ0n) is 10.3. The van der Waals surface area contributed by atoms with Gasteiger partial charge in [-0.1, -0.05) is 6.07 Å². The van der Waals surface area contributed by atoms with E-state index in [1.165, 1.54) is 0 Å². The molecule has 1 aromatic carbocycles. The van der Waals surface area contributed by atoms with E-state index in [2.05, 4.69) is 0 Å². The van der Waals surface area contributed by atoms with Crippen molar-refractivity contribution in [2.24, 2.45) is 0 Å². The van der Waals surface area contributed by atoms with Gasteiger partial charge >= 0.3 is 0 Å². The Morgan fingerprint density at radius 3 is 2.88 bits per heavy atom. The van der Waals surface area contributed by atoms with Crippen LogP contribution in [0, 0.1) is 6.92 Å². The topological polar surface area (TPSA) is 29.5 Å². The Hall–Kier alpha value is -1.22. The number of halogens is 1. The van der Waals surface area contributed by atoms with Crippen LogP contribution in [0.1, 0.15) is 19.4 Å². The number of aryl methyl sites for hydroxylation is 1. The molecule has 1 aromatic rings. The number of carbonyl (C=O) groups excluding carboxylic acids is 1. The average molecular weight is 254 g/mol. The minimum absolute atomic E-state index is 0.0105. The lowest BCUT2D eigenvalue weighted by atomic mass is 10.0. The zero-order chi connectivity index (χ0) is 12.6. The lowest BCUT2D eigenvalue weighted by Gasteiger charge is -2.39. The van der Waals surface area contributed by atoms with E-state index in [0.717, 1.165) is 17.0 Å². The first-order valence-electron chi connectivity index (χ1n) is 5.59. The largest absolute Gasteiger partial charge is 0.484 e. The van der Waals surface area contributed by atoms with Gasteiger partial charge in [0, 0.05) is 0 Å². The summed E-state index contributed by atoms with van der Waals surface area (Å²) in [5.41, 5.74) is 1.53. The summed E-state index contributed by atoms with van der Waals surface area (Å²) in [6.45, 7) is 6.44. The Morgan fingerprint density at radius 2 is 2.24 bits per heavy atom. The van der Waals surface area contributed by atoms with Crippen molar-refractivity contribution in [3.8, 4) is 5.75 Å². The molecule has 0 unspecified atom stereocenters. The van der Waals surface area contributed by atoms with Crippen LogP contribution in [0.15, 0.2) is 18.2 Å². The molecule has 17 heavy (non-hydrogen) atoms. The SMILES string of the molecule is Cc1ccc2c(c1)N(C(=O)CCl)CC(C)(C)O2. The second kappa shape index (κ2) is 4.22. The van der Waals surface area contributed by atoms with Crippen LogP contribution in [0.4, 0.5) is 5.69 Å². The maximum Gasteiger partial charge on any atom is 0.242 e. The third-order valence-corrected chi connectivity index (χ3v) is 2.97. The van der Waals surface area contributed by atoms with E-state index in [-0.39, 0.29) is 17.4 Å². The lowest BCUT2D eigenvalue weighted by Crippen LogP contribution is -2.49. The number of hydrogen-bond donors (Lipinski definition) is 0. The Kier molecular flexibility index (Phi) is 3.04. The molecular weight excluding hydrogens is 238 g/mol. The minimum Gasteiger partial charge on any atom is -0.484 e. The molecule has 0 N–H and O–H groups in total. The van der Waals surface area contributed by atoms with Crippen LogP contribution in [-0.2, 0) is 4.79 Å². The smallest absolute Gasteiger partial charge is 0.242 e. The highest BCUT2D eigenvalue weighted by Gasteiger charge is 2.34. The summed E-state index contributed by atoms with van der Waals surface area (Å²) in [5, 5.41) is 0. The number of anilines is 1. The molecule has 3 nitrogen and oxygen atoms in total. The van der Waals surface area contributed by atoms with Crippen molar-refractivity contribution in [3.63, 3.8) is 0 Å². The molecule has 4 heteroatoms. The molecule has 92 valence electrons. The second-order valence-electron chi connectivity index (χ2n) is 4.95. The number of carbonyl (C=O) groups is 1. The molecule has 2 rings (SSSR count). The van der Waals surface area contributed by atoms with Gasteiger partial charge < -0.3 is 9.64 Å². The number of amides is 1. The van der Waals surface area contributed by atoms with Crippen molar-refractivity contribution in [2.75, 3.05) is 17.3 Å². The van der Waals surface area contributed by atoms with Gasteiger partial charge in [0.1, 0.15) is 17.2 Å². The van der Waals surface area contributed by atoms with Gasteiger partial charge in [0.15, 0.2) is 0 Å². The van der Waals surface area contributed by atoms with Crippen molar-refractivity contribution in [2.45, 2.75) is 26.4 Å². The zero-order valence-corrected chi connectivity index (χ0v) is 11.0. The highest BCUT2D eigenvalue weighted by Crippen LogP contribution is 2.37. The van der Waals surface area contributed by atoms with Crippen LogP contribution in [0.5, 0.6) is 5.75 Å². The first-order valence-corrected chi connectivity index (χ1v) is 6.12. The number of ether oxygens (including phenoxy) is 1. The van der Waals surface area contributed by atoms with E-state index in [0.29, 0.717) is 6.54 Å². The fourth-order valence-electron chi connectivity index (χ4n) is 2.02. The number of alkyl halides is 1. The fraction of sp³-hybridized carbons (Fsp3) is 0.462. The maximum atomic E-state index is 11.9. The van der Waals surface area contributed by atoms with Gasteiger partial charge in [-0.3, -0.25) is 4.79 Å². The summed E-state index contributed by atoms with van der Waals surface area (Å²) in [6.07, 6.45) is 0. The summed E-state index contributed by atoms with van der Waals surface area (Å²) in [5.74, 6) is 0.643. The van der Waals surface area contributed by atoms with Gasteiger partial charge in [0.2, 0.25) is 5.91 Å². The summed E-state index contributed by atoms with van der Waals surface area (Å²) < 4.78 is 5.86. The van der Waals surface area contributed by atoms with Crippen molar-refractivity contribution in [1.82, 2.24) is 0 Å². The third kappa shape index (κ3) is 2.39. The lowest BCUT2D eigenvalue weighted by molar-refractivity contribution is -0.117. The standard InChI is InChI=1S/C13H16ClNO2/c1-9-4-5-11-10(6-9)15(12(16)7-14)8-13(2,3)17-11/h4-6H,7-8H2,1-3H3. The Balaban J connectivity index is 2.48. The van der Waals surface area contributed by atoms with Gasteiger partial charge in [0.05, 0.1) is 12.2 Å². The predicted octanol–water partition coefficient (Wildman–Crippen LogP) is 2.74. The summed E-state index contributed by atoms with van der Waals surface area (Å²) in [6, 6.07) is 5.83. The van der Waals surface area contributed by atoms with Gasteiger partial charge in [-0.2, -0.15) is 0 Å². The van der Waals surface area contributed by atoms with Crippen LogP contribution in [-0.4, -0.2) is 23.9 Å².